The van der Waals surface area contributed by atoms with Gasteiger partial charge in [0.2, 0.25) is 5.91 Å². The Hall–Kier alpha value is -2.01. The molecule has 0 unspecified atom stereocenters. The zero-order valence-electron chi connectivity index (χ0n) is 15.3. The van der Waals surface area contributed by atoms with Crippen molar-refractivity contribution in [1.29, 1.82) is 0 Å². The second-order valence-corrected chi connectivity index (χ2v) is 7.31. The molecule has 1 heterocycles. The zero-order chi connectivity index (χ0) is 19.2. The predicted molar refractivity (Wildman–Crippen MR) is 115 cm³/mol. The molecule has 3 rings (SSSR count). The molecule has 2 aromatic rings. The normalized spacial score (nSPS) is 15.3. The first-order valence-electron chi connectivity index (χ1n) is 9.06. The van der Waals surface area contributed by atoms with Gasteiger partial charge < -0.3 is 15.1 Å². The Morgan fingerprint density at radius 2 is 1.78 bits per heavy atom. The predicted octanol–water partition coefficient (Wildman–Crippen LogP) is 4.79. The molecular formula is C21H23Cl2N3O. The molecule has 1 amide bonds. The molecule has 0 aliphatic carbocycles. The number of nitrogens with one attached hydrogen (secondary N) is 1. The average Bonchev–Trinajstić information content (AvgIpc) is 2.68. The van der Waals surface area contributed by atoms with Crippen molar-refractivity contribution in [3.63, 3.8) is 0 Å². The average molecular weight is 404 g/mol. The van der Waals surface area contributed by atoms with Crippen LogP contribution in [0.25, 0.3) is 6.08 Å². The van der Waals surface area contributed by atoms with Crippen molar-refractivity contribution in [3.05, 3.63) is 64.1 Å². The van der Waals surface area contributed by atoms with Crippen LogP contribution < -0.4 is 10.2 Å². The quantitative estimate of drug-likeness (QED) is 0.728. The number of hydrogen-bond donors (Lipinski definition) is 1. The molecule has 1 N–H and O–H groups in total. The summed E-state index contributed by atoms with van der Waals surface area (Å²) in [5, 5.41) is 4.17. The maximum absolute atomic E-state index is 12.1. The lowest BCUT2D eigenvalue weighted by molar-refractivity contribution is -0.111. The number of anilines is 2. The van der Waals surface area contributed by atoms with Crippen molar-refractivity contribution in [2.24, 2.45) is 0 Å². The fraction of sp³-hybridized carbons (Fsp3) is 0.286. The van der Waals surface area contributed by atoms with Crippen LogP contribution in [0.15, 0.2) is 48.5 Å². The summed E-state index contributed by atoms with van der Waals surface area (Å²) in [4.78, 5) is 16.9. The molecule has 0 spiro atoms. The van der Waals surface area contributed by atoms with Crippen molar-refractivity contribution in [2.75, 3.05) is 42.9 Å². The van der Waals surface area contributed by atoms with Crippen LogP contribution in [0, 0.1) is 0 Å². The minimum atomic E-state index is -0.203. The van der Waals surface area contributed by atoms with Gasteiger partial charge in [-0.15, -0.1) is 0 Å². The Balaban J connectivity index is 1.60. The monoisotopic (exact) mass is 403 g/mol. The molecule has 1 aliphatic rings. The Kier molecular flexibility index (Phi) is 6.78. The molecular weight excluding hydrogens is 381 g/mol. The molecule has 0 atom stereocenters. The third-order valence-electron chi connectivity index (χ3n) is 4.67. The number of benzene rings is 2. The van der Waals surface area contributed by atoms with Crippen molar-refractivity contribution in [2.45, 2.75) is 6.92 Å². The van der Waals surface area contributed by atoms with E-state index in [-0.39, 0.29) is 5.91 Å². The highest BCUT2D eigenvalue weighted by molar-refractivity contribution is 6.33. The van der Waals surface area contributed by atoms with E-state index in [9.17, 15) is 4.79 Å². The number of nitrogens with zero attached hydrogens (tertiary/aromatic N) is 2. The van der Waals surface area contributed by atoms with E-state index >= 15 is 0 Å². The number of piperazine rings is 1. The first-order chi connectivity index (χ1) is 13.0. The van der Waals surface area contributed by atoms with Crippen LogP contribution in [-0.4, -0.2) is 43.5 Å². The molecule has 2 aromatic carbocycles. The second-order valence-electron chi connectivity index (χ2n) is 6.46. The van der Waals surface area contributed by atoms with Gasteiger partial charge >= 0.3 is 0 Å². The van der Waals surface area contributed by atoms with E-state index in [1.165, 1.54) is 6.08 Å². The molecule has 27 heavy (non-hydrogen) atoms. The van der Waals surface area contributed by atoms with Crippen LogP contribution >= 0.6 is 23.2 Å². The number of carbonyl (C=O) groups excluding carboxylic acids is 1. The molecule has 142 valence electrons. The summed E-state index contributed by atoms with van der Waals surface area (Å²) in [6.07, 6.45) is 3.24. The van der Waals surface area contributed by atoms with Crippen molar-refractivity contribution < 1.29 is 4.79 Å². The molecule has 0 bridgehead atoms. The maximum Gasteiger partial charge on any atom is 0.248 e. The molecule has 0 aromatic heterocycles. The van der Waals surface area contributed by atoms with Crippen LogP contribution in [0.4, 0.5) is 11.4 Å². The standard InChI is InChI=1S/C21H23Cl2N3O/c1-2-25-11-13-26(14-12-25)20-9-8-18(15-19(20)23)24-21(27)10-5-16-3-6-17(22)7-4-16/h3-10,15H,2,11-14H2,1H3,(H,24,27). The third-order valence-corrected chi connectivity index (χ3v) is 5.23. The second kappa shape index (κ2) is 9.27. The Morgan fingerprint density at radius 1 is 1.07 bits per heavy atom. The van der Waals surface area contributed by atoms with Crippen molar-refractivity contribution >= 4 is 46.6 Å². The Morgan fingerprint density at radius 3 is 2.41 bits per heavy atom. The highest BCUT2D eigenvalue weighted by Crippen LogP contribution is 2.29. The minimum Gasteiger partial charge on any atom is -0.368 e. The third kappa shape index (κ3) is 5.48. The van der Waals surface area contributed by atoms with Gasteiger partial charge in [0.15, 0.2) is 0 Å². The van der Waals surface area contributed by atoms with Gasteiger partial charge in [0.05, 0.1) is 10.7 Å². The number of carbonyl (C=O) groups is 1. The number of halogens is 2. The van der Waals surface area contributed by atoms with Gasteiger partial charge in [-0.3, -0.25) is 4.79 Å². The lowest BCUT2D eigenvalue weighted by atomic mass is 10.2. The zero-order valence-corrected chi connectivity index (χ0v) is 16.8. The van der Waals surface area contributed by atoms with E-state index in [4.69, 9.17) is 23.2 Å². The highest BCUT2D eigenvalue weighted by Gasteiger charge is 2.18. The van der Waals surface area contributed by atoms with E-state index in [0.717, 1.165) is 44.0 Å². The topological polar surface area (TPSA) is 35.6 Å². The molecule has 4 nitrogen and oxygen atoms in total. The van der Waals surface area contributed by atoms with E-state index in [0.29, 0.717) is 15.7 Å². The fourth-order valence-corrected chi connectivity index (χ4v) is 3.50. The van der Waals surface area contributed by atoms with Gasteiger partial charge in [-0.25, -0.2) is 0 Å². The number of amides is 1. The van der Waals surface area contributed by atoms with E-state index < -0.39 is 0 Å². The van der Waals surface area contributed by atoms with Crippen LogP contribution in [0.5, 0.6) is 0 Å². The molecule has 6 heteroatoms. The van der Waals surface area contributed by atoms with Gasteiger partial charge in [-0.1, -0.05) is 42.3 Å². The molecule has 0 radical (unpaired) electrons. The van der Waals surface area contributed by atoms with Crippen molar-refractivity contribution in [3.8, 4) is 0 Å². The van der Waals surface area contributed by atoms with Crippen LogP contribution in [0.1, 0.15) is 12.5 Å². The summed E-state index contributed by atoms with van der Waals surface area (Å²) < 4.78 is 0. The van der Waals surface area contributed by atoms with Crippen LogP contribution in [0.3, 0.4) is 0 Å². The number of hydrogen-bond acceptors (Lipinski definition) is 3. The summed E-state index contributed by atoms with van der Waals surface area (Å²) in [7, 11) is 0. The van der Waals surface area contributed by atoms with Gasteiger partial charge in [-0.05, 0) is 48.5 Å². The highest BCUT2D eigenvalue weighted by atomic mass is 35.5. The Labute approximate surface area is 170 Å². The summed E-state index contributed by atoms with van der Waals surface area (Å²) in [5.74, 6) is -0.203. The Bertz CT molecular complexity index is 813. The smallest absolute Gasteiger partial charge is 0.248 e. The largest absolute Gasteiger partial charge is 0.368 e. The summed E-state index contributed by atoms with van der Waals surface area (Å²) >= 11 is 12.3. The molecule has 1 fully saturated rings. The summed E-state index contributed by atoms with van der Waals surface area (Å²) in [5.41, 5.74) is 2.61. The fourth-order valence-electron chi connectivity index (χ4n) is 3.08. The number of rotatable bonds is 5. The van der Waals surface area contributed by atoms with Crippen LogP contribution in [-0.2, 0) is 4.79 Å². The van der Waals surface area contributed by atoms with Crippen molar-refractivity contribution in [1.82, 2.24) is 4.90 Å². The molecule has 1 saturated heterocycles. The summed E-state index contributed by atoms with van der Waals surface area (Å²) in [6.45, 7) is 7.27. The first-order valence-corrected chi connectivity index (χ1v) is 9.82. The number of likely N-dealkylation sites (N-methyl/N-ethyl adjacent to an activating group) is 1. The van der Waals surface area contributed by atoms with Gasteiger partial charge in [0, 0.05) is 43.0 Å². The molecule has 1 aliphatic heterocycles. The first kappa shape index (κ1) is 19.7. The molecule has 0 saturated carbocycles. The van der Waals surface area contributed by atoms with E-state index in [1.54, 1.807) is 24.3 Å². The van der Waals surface area contributed by atoms with Gasteiger partial charge in [-0.2, -0.15) is 0 Å². The van der Waals surface area contributed by atoms with E-state index in [2.05, 4.69) is 22.0 Å². The lowest BCUT2D eigenvalue weighted by Gasteiger charge is -2.36. The SMILES string of the molecule is CCN1CCN(c2ccc(NC(=O)C=Cc3ccc(Cl)cc3)cc2Cl)CC1. The maximum atomic E-state index is 12.1. The van der Waals surface area contributed by atoms with E-state index in [1.807, 2.05) is 24.3 Å². The van der Waals surface area contributed by atoms with Gasteiger partial charge in [0.25, 0.3) is 0 Å². The van der Waals surface area contributed by atoms with Gasteiger partial charge in [0.1, 0.15) is 0 Å². The lowest BCUT2D eigenvalue weighted by Crippen LogP contribution is -2.46. The summed E-state index contributed by atoms with van der Waals surface area (Å²) in [6, 6.07) is 13.0. The van der Waals surface area contributed by atoms with Crippen LogP contribution in [0.2, 0.25) is 10.0 Å². The minimum absolute atomic E-state index is 0.203.